The molecule has 0 bridgehead atoms. The van der Waals surface area contributed by atoms with Gasteiger partial charge in [0.25, 0.3) is 6.20 Å². The normalized spacial score (nSPS) is 22.2. The second-order valence-electron chi connectivity index (χ2n) is 5.19. The van der Waals surface area contributed by atoms with Crippen molar-refractivity contribution >= 4 is 5.97 Å². The number of carbonyl (C=O) groups is 1. The Hall–Kier alpha value is -2.44. The van der Waals surface area contributed by atoms with Crippen LogP contribution in [-0.4, -0.2) is 33.0 Å². The van der Waals surface area contributed by atoms with Crippen LogP contribution in [0.3, 0.4) is 0 Å². The molecule has 2 heterocycles. The molecule has 0 saturated heterocycles. The maximum Gasteiger partial charge on any atom is 0.356 e. The Morgan fingerprint density at radius 3 is 3.20 bits per heavy atom. The lowest BCUT2D eigenvalue weighted by Crippen LogP contribution is -2.40. The average molecular weight is 273 g/mol. The summed E-state index contributed by atoms with van der Waals surface area (Å²) < 4.78 is 3.17. The van der Waals surface area contributed by atoms with Crippen molar-refractivity contribution in [1.29, 1.82) is 0 Å². The third kappa shape index (κ3) is 1.46. The summed E-state index contributed by atoms with van der Waals surface area (Å²) in [6, 6.07) is 0. The largest absolute Gasteiger partial charge is 0.476 e. The van der Waals surface area contributed by atoms with Gasteiger partial charge in [-0.05, 0) is 18.8 Å². The van der Waals surface area contributed by atoms with Gasteiger partial charge in [-0.3, -0.25) is 4.84 Å². The predicted molar refractivity (Wildman–Crippen MR) is 65.6 cm³/mol. The first kappa shape index (κ1) is 11.4. The van der Waals surface area contributed by atoms with Gasteiger partial charge in [0.15, 0.2) is 5.69 Å². The SMILES string of the molecule is CO[n+]1ccnc(-n2nc(C(=O)O)c3c2C2CC2C3)c1. The lowest BCUT2D eigenvalue weighted by Gasteiger charge is -2.03. The van der Waals surface area contributed by atoms with Crippen LogP contribution < -0.4 is 9.57 Å². The van der Waals surface area contributed by atoms with Crippen molar-refractivity contribution in [2.45, 2.75) is 18.8 Å². The highest BCUT2D eigenvalue weighted by Gasteiger charge is 2.50. The minimum Gasteiger partial charge on any atom is -0.476 e. The van der Waals surface area contributed by atoms with Crippen LogP contribution in [-0.2, 0) is 6.42 Å². The summed E-state index contributed by atoms with van der Waals surface area (Å²) in [6.07, 6.45) is 6.90. The zero-order valence-corrected chi connectivity index (χ0v) is 10.9. The third-order valence-corrected chi connectivity index (χ3v) is 4.06. The molecule has 2 aromatic heterocycles. The standard InChI is InChI=1S/C13H12N4O3/c1-20-16-3-2-14-10(6-16)17-12-8-4-7(8)5-9(12)11(15-17)13(18)19/h2-3,6-8H,4-5H2,1H3/p+1. The van der Waals surface area contributed by atoms with Gasteiger partial charge in [0, 0.05) is 16.2 Å². The molecule has 2 aromatic rings. The molecule has 2 unspecified atom stereocenters. The second-order valence-corrected chi connectivity index (χ2v) is 5.19. The van der Waals surface area contributed by atoms with Crippen LogP contribution in [0.25, 0.3) is 5.82 Å². The van der Waals surface area contributed by atoms with E-state index in [0.717, 1.165) is 24.1 Å². The van der Waals surface area contributed by atoms with E-state index in [2.05, 4.69) is 10.1 Å². The van der Waals surface area contributed by atoms with Crippen molar-refractivity contribution in [2.24, 2.45) is 5.92 Å². The molecule has 0 radical (unpaired) electrons. The third-order valence-electron chi connectivity index (χ3n) is 4.06. The second kappa shape index (κ2) is 3.78. The summed E-state index contributed by atoms with van der Waals surface area (Å²) in [6.45, 7) is 0. The topological polar surface area (TPSA) is 81.1 Å². The van der Waals surface area contributed by atoms with E-state index in [4.69, 9.17) is 4.84 Å². The van der Waals surface area contributed by atoms with Crippen LogP contribution in [0.5, 0.6) is 0 Å². The molecule has 0 amide bonds. The van der Waals surface area contributed by atoms with E-state index < -0.39 is 5.97 Å². The molecule has 0 aliphatic heterocycles. The highest BCUT2D eigenvalue weighted by atomic mass is 16.6. The van der Waals surface area contributed by atoms with Crippen molar-refractivity contribution in [3.8, 4) is 5.82 Å². The molecule has 4 rings (SSSR count). The molecule has 2 atom stereocenters. The van der Waals surface area contributed by atoms with E-state index in [1.165, 1.54) is 4.73 Å². The Morgan fingerprint density at radius 1 is 1.60 bits per heavy atom. The Balaban J connectivity index is 1.90. The van der Waals surface area contributed by atoms with E-state index in [0.29, 0.717) is 17.7 Å². The van der Waals surface area contributed by atoms with Gasteiger partial charge >= 0.3 is 5.97 Å². The number of aromatic carboxylic acids is 1. The van der Waals surface area contributed by atoms with Crippen LogP contribution in [0.4, 0.5) is 0 Å². The van der Waals surface area contributed by atoms with Crippen molar-refractivity contribution in [2.75, 3.05) is 7.11 Å². The number of rotatable bonds is 3. The molecule has 2 aliphatic carbocycles. The molecule has 20 heavy (non-hydrogen) atoms. The van der Waals surface area contributed by atoms with Crippen LogP contribution in [0.2, 0.25) is 0 Å². The molecule has 102 valence electrons. The molecule has 0 aromatic carbocycles. The number of hydrogen-bond donors (Lipinski definition) is 1. The maximum atomic E-state index is 11.3. The zero-order valence-electron chi connectivity index (χ0n) is 10.9. The van der Waals surface area contributed by atoms with Crippen molar-refractivity contribution < 1.29 is 19.5 Å². The van der Waals surface area contributed by atoms with E-state index in [-0.39, 0.29) is 5.69 Å². The summed E-state index contributed by atoms with van der Waals surface area (Å²) in [5, 5.41) is 13.5. The van der Waals surface area contributed by atoms with Gasteiger partial charge in [-0.25, -0.2) is 14.5 Å². The monoisotopic (exact) mass is 273 g/mol. The van der Waals surface area contributed by atoms with Crippen LogP contribution in [0.15, 0.2) is 18.6 Å². The van der Waals surface area contributed by atoms with Crippen molar-refractivity contribution in [1.82, 2.24) is 14.8 Å². The van der Waals surface area contributed by atoms with Crippen LogP contribution >= 0.6 is 0 Å². The summed E-state index contributed by atoms with van der Waals surface area (Å²) in [4.78, 5) is 20.7. The van der Waals surface area contributed by atoms with Gasteiger partial charge in [-0.15, -0.1) is 0 Å². The maximum absolute atomic E-state index is 11.3. The first-order chi connectivity index (χ1) is 9.69. The molecule has 1 saturated carbocycles. The van der Waals surface area contributed by atoms with E-state index >= 15 is 0 Å². The molecule has 1 fully saturated rings. The first-order valence-corrected chi connectivity index (χ1v) is 6.46. The number of nitrogens with zero attached hydrogens (tertiary/aromatic N) is 4. The molecular formula is C13H13N4O3+. The van der Waals surface area contributed by atoms with Gasteiger partial charge in [-0.2, -0.15) is 5.10 Å². The fourth-order valence-corrected chi connectivity index (χ4v) is 3.05. The summed E-state index contributed by atoms with van der Waals surface area (Å²) in [5.41, 5.74) is 2.03. The van der Waals surface area contributed by atoms with Crippen LogP contribution in [0.1, 0.15) is 34.1 Å². The molecule has 1 N–H and O–H groups in total. The Kier molecular flexibility index (Phi) is 2.15. The average Bonchev–Trinajstić information content (AvgIpc) is 2.95. The number of carboxylic acids is 1. The Labute approximate surface area is 114 Å². The number of hydrogen-bond acceptors (Lipinski definition) is 4. The zero-order chi connectivity index (χ0) is 13.9. The van der Waals surface area contributed by atoms with Crippen molar-refractivity contribution in [3.63, 3.8) is 0 Å². The lowest BCUT2D eigenvalue weighted by molar-refractivity contribution is -0.885. The smallest absolute Gasteiger partial charge is 0.356 e. The van der Waals surface area contributed by atoms with Gasteiger partial charge in [0.05, 0.1) is 11.9 Å². The fourth-order valence-electron chi connectivity index (χ4n) is 3.05. The van der Waals surface area contributed by atoms with E-state index in [1.54, 1.807) is 30.4 Å². The van der Waals surface area contributed by atoms with E-state index in [1.807, 2.05) is 0 Å². The quantitative estimate of drug-likeness (QED) is 0.794. The predicted octanol–water partition coefficient (Wildman–Crippen LogP) is -0.0290. The first-order valence-electron chi connectivity index (χ1n) is 6.46. The number of aromatic nitrogens is 4. The fraction of sp³-hybridized carbons (Fsp3) is 0.385. The lowest BCUT2D eigenvalue weighted by atomic mass is 10.1. The van der Waals surface area contributed by atoms with Crippen molar-refractivity contribution in [3.05, 3.63) is 35.5 Å². The summed E-state index contributed by atoms with van der Waals surface area (Å²) in [5.74, 6) is 0.622. The Bertz CT molecular complexity index is 724. The van der Waals surface area contributed by atoms with Gasteiger partial charge in [0.2, 0.25) is 12.0 Å². The molecule has 7 nitrogen and oxygen atoms in total. The van der Waals surface area contributed by atoms with Crippen LogP contribution in [0, 0.1) is 5.92 Å². The number of fused-ring (bicyclic) bond motifs is 3. The summed E-state index contributed by atoms with van der Waals surface area (Å²) in [7, 11) is 1.55. The molecule has 0 spiro atoms. The minimum atomic E-state index is -0.975. The highest BCUT2D eigenvalue weighted by molar-refractivity contribution is 5.88. The summed E-state index contributed by atoms with van der Waals surface area (Å²) >= 11 is 0. The highest BCUT2D eigenvalue weighted by Crippen LogP contribution is 2.57. The van der Waals surface area contributed by atoms with E-state index in [9.17, 15) is 9.90 Å². The van der Waals surface area contributed by atoms with Gasteiger partial charge < -0.3 is 5.11 Å². The minimum absolute atomic E-state index is 0.154. The molecular weight excluding hydrogens is 260 g/mol. The van der Waals surface area contributed by atoms with Gasteiger partial charge in [-0.1, -0.05) is 0 Å². The Morgan fingerprint density at radius 2 is 2.45 bits per heavy atom. The molecule has 2 aliphatic rings. The molecule has 7 heteroatoms. The number of carboxylic acid groups (broad SMARTS) is 1. The van der Waals surface area contributed by atoms with Gasteiger partial charge in [0.1, 0.15) is 7.11 Å².